The van der Waals surface area contributed by atoms with Crippen molar-refractivity contribution in [1.82, 2.24) is 5.32 Å². The highest BCUT2D eigenvalue weighted by Crippen LogP contribution is 2.25. The zero-order valence-corrected chi connectivity index (χ0v) is 19.9. The third kappa shape index (κ3) is 5.21. The molecule has 0 spiro atoms. The molecule has 0 radical (unpaired) electrons. The second-order valence-corrected chi connectivity index (χ2v) is 9.66. The summed E-state index contributed by atoms with van der Waals surface area (Å²) in [6, 6.07) is 25.4. The zero-order chi connectivity index (χ0) is 24.1. The van der Waals surface area contributed by atoms with Crippen molar-refractivity contribution in [2.24, 2.45) is 0 Å². The van der Waals surface area contributed by atoms with Crippen molar-refractivity contribution in [3.8, 4) is 5.75 Å². The van der Waals surface area contributed by atoms with Crippen molar-refractivity contribution in [2.75, 3.05) is 17.9 Å². The van der Waals surface area contributed by atoms with Gasteiger partial charge in [-0.25, -0.2) is 8.42 Å². The minimum absolute atomic E-state index is 0.165. The number of anilines is 1. The quantitative estimate of drug-likeness (QED) is 0.349. The van der Waals surface area contributed by atoms with Gasteiger partial charge in [0.1, 0.15) is 12.4 Å². The summed E-state index contributed by atoms with van der Waals surface area (Å²) in [7, 11) is -3.77. The van der Waals surface area contributed by atoms with Gasteiger partial charge in [-0.15, -0.1) is 0 Å². The van der Waals surface area contributed by atoms with E-state index in [4.69, 9.17) is 4.74 Å². The average molecular weight is 475 g/mol. The van der Waals surface area contributed by atoms with E-state index in [1.165, 1.54) is 0 Å². The molecule has 0 fully saturated rings. The van der Waals surface area contributed by atoms with E-state index in [0.29, 0.717) is 30.0 Å². The number of hydrogen-bond donors (Lipinski definition) is 2. The highest BCUT2D eigenvalue weighted by Gasteiger charge is 2.18. The molecule has 0 atom stereocenters. The van der Waals surface area contributed by atoms with E-state index >= 15 is 0 Å². The number of aryl methyl sites for hydroxylation is 1. The Kier molecular flexibility index (Phi) is 6.84. The number of rotatable bonds is 8. The predicted octanol–water partition coefficient (Wildman–Crippen LogP) is 5.07. The number of sulfonamides is 1. The number of benzene rings is 4. The summed E-state index contributed by atoms with van der Waals surface area (Å²) in [5.74, 6) is 0.464. The molecule has 0 aliphatic carbocycles. The van der Waals surface area contributed by atoms with E-state index in [1.807, 2.05) is 49.4 Å². The largest absolute Gasteiger partial charge is 0.491 e. The summed E-state index contributed by atoms with van der Waals surface area (Å²) in [6.07, 6.45) is 0. The number of ether oxygens (including phenoxy) is 1. The molecule has 0 unspecified atom stereocenters. The lowest BCUT2D eigenvalue weighted by atomic mass is 10.1. The maximum atomic E-state index is 12.8. The summed E-state index contributed by atoms with van der Waals surface area (Å²) in [5.41, 5.74) is 2.28. The fourth-order valence-corrected chi connectivity index (χ4v) is 4.78. The lowest BCUT2D eigenvalue weighted by Crippen LogP contribution is -2.29. The molecule has 4 aromatic rings. The van der Waals surface area contributed by atoms with Gasteiger partial charge in [-0.05, 0) is 55.1 Å². The highest BCUT2D eigenvalue weighted by molar-refractivity contribution is 7.92. The Morgan fingerprint density at radius 2 is 1.56 bits per heavy atom. The molecule has 34 heavy (non-hydrogen) atoms. The molecule has 0 heterocycles. The van der Waals surface area contributed by atoms with Crippen LogP contribution in [0.5, 0.6) is 5.75 Å². The Bertz CT molecular complexity index is 1430. The first-order valence-corrected chi connectivity index (χ1v) is 12.4. The topological polar surface area (TPSA) is 84.5 Å². The maximum absolute atomic E-state index is 12.8. The molecule has 0 saturated carbocycles. The van der Waals surface area contributed by atoms with Crippen molar-refractivity contribution < 1.29 is 17.9 Å². The minimum atomic E-state index is -3.77. The monoisotopic (exact) mass is 474 g/mol. The summed E-state index contributed by atoms with van der Waals surface area (Å²) < 4.78 is 34.0. The first kappa shape index (κ1) is 23.3. The normalized spacial score (nSPS) is 11.2. The summed E-state index contributed by atoms with van der Waals surface area (Å²) in [6.45, 7) is 4.22. The molecular formula is C27H26N2O4S. The van der Waals surface area contributed by atoms with Crippen LogP contribution in [0.25, 0.3) is 10.8 Å². The van der Waals surface area contributed by atoms with Crippen LogP contribution < -0.4 is 14.8 Å². The third-order valence-corrected chi connectivity index (χ3v) is 6.93. The van der Waals surface area contributed by atoms with Crippen LogP contribution in [0.3, 0.4) is 0 Å². The van der Waals surface area contributed by atoms with Crippen molar-refractivity contribution in [1.29, 1.82) is 0 Å². The lowest BCUT2D eigenvalue weighted by Gasteiger charge is -2.14. The lowest BCUT2D eigenvalue weighted by molar-refractivity contribution is 0.0946. The molecule has 0 saturated heterocycles. The average Bonchev–Trinajstić information content (AvgIpc) is 2.83. The minimum Gasteiger partial charge on any atom is -0.491 e. The van der Waals surface area contributed by atoms with Gasteiger partial charge in [0.05, 0.1) is 17.1 Å². The molecule has 0 aliphatic heterocycles. The zero-order valence-electron chi connectivity index (χ0n) is 19.0. The van der Waals surface area contributed by atoms with Gasteiger partial charge in [-0.1, -0.05) is 60.2 Å². The van der Waals surface area contributed by atoms with Crippen LogP contribution in [0.1, 0.15) is 21.5 Å². The standard InChI is InChI=1S/C27H26N2O4S/c1-19-13-15-22(16-14-19)34(31,32)29-25-11-6-10-23(20(25)2)27(30)28-17-18-33-26-12-5-8-21-7-3-4-9-24(21)26/h3-16,29H,17-18H2,1-2H3,(H,28,30). The van der Waals surface area contributed by atoms with Gasteiger partial charge in [0.15, 0.2) is 0 Å². The molecular weight excluding hydrogens is 448 g/mol. The first-order chi connectivity index (χ1) is 16.3. The molecule has 1 amide bonds. The van der Waals surface area contributed by atoms with Crippen LogP contribution in [0, 0.1) is 13.8 Å². The number of carbonyl (C=O) groups is 1. The second-order valence-electron chi connectivity index (χ2n) is 7.98. The van der Waals surface area contributed by atoms with Crippen LogP contribution >= 0.6 is 0 Å². The fraction of sp³-hybridized carbons (Fsp3) is 0.148. The molecule has 0 bridgehead atoms. The van der Waals surface area contributed by atoms with Gasteiger partial charge >= 0.3 is 0 Å². The van der Waals surface area contributed by atoms with Crippen LogP contribution in [-0.2, 0) is 10.0 Å². The summed E-state index contributed by atoms with van der Waals surface area (Å²) >= 11 is 0. The number of carbonyl (C=O) groups excluding carboxylic acids is 1. The van der Waals surface area contributed by atoms with E-state index in [-0.39, 0.29) is 10.8 Å². The van der Waals surface area contributed by atoms with Gasteiger partial charge < -0.3 is 10.1 Å². The predicted molar refractivity (Wildman–Crippen MR) is 135 cm³/mol. The molecule has 2 N–H and O–H groups in total. The first-order valence-electron chi connectivity index (χ1n) is 10.9. The highest BCUT2D eigenvalue weighted by atomic mass is 32.2. The van der Waals surface area contributed by atoms with Crippen LogP contribution in [0.2, 0.25) is 0 Å². The van der Waals surface area contributed by atoms with Crippen LogP contribution in [0.4, 0.5) is 5.69 Å². The number of nitrogens with one attached hydrogen (secondary N) is 2. The molecule has 6 nitrogen and oxygen atoms in total. The van der Waals surface area contributed by atoms with Crippen LogP contribution in [0.15, 0.2) is 89.8 Å². The van der Waals surface area contributed by atoms with E-state index in [1.54, 1.807) is 49.4 Å². The summed E-state index contributed by atoms with van der Waals surface area (Å²) in [5, 5.41) is 4.95. The van der Waals surface area contributed by atoms with E-state index in [9.17, 15) is 13.2 Å². The van der Waals surface area contributed by atoms with Gasteiger partial charge in [-0.2, -0.15) is 0 Å². The molecule has 0 aliphatic rings. The Hall–Kier alpha value is -3.84. The van der Waals surface area contributed by atoms with Gasteiger partial charge in [0.25, 0.3) is 15.9 Å². The Morgan fingerprint density at radius 1 is 0.853 bits per heavy atom. The molecule has 174 valence electrons. The van der Waals surface area contributed by atoms with Crippen molar-refractivity contribution in [3.63, 3.8) is 0 Å². The smallest absolute Gasteiger partial charge is 0.261 e. The Morgan fingerprint density at radius 3 is 2.35 bits per heavy atom. The SMILES string of the molecule is Cc1ccc(S(=O)(=O)Nc2cccc(C(=O)NCCOc3cccc4ccccc34)c2C)cc1. The van der Waals surface area contributed by atoms with Gasteiger partial charge in [0.2, 0.25) is 0 Å². The third-order valence-electron chi connectivity index (χ3n) is 5.55. The number of fused-ring (bicyclic) bond motifs is 1. The molecule has 4 rings (SSSR count). The van der Waals surface area contributed by atoms with E-state index in [2.05, 4.69) is 10.0 Å². The number of hydrogen-bond acceptors (Lipinski definition) is 4. The van der Waals surface area contributed by atoms with E-state index in [0.717, 1.165) is 22.1 Å². The number of amides is 1. The van der Waals surface area contributed by atoms with Gasteiger partial charge in [0, 0.05) is 10.9 Å². The Labute approximate surface area is 199 Å². The second kappa shape index (κ2) is 9.97. The van der Waals surface area contributed by atoms with Crippen molar-refractivity contribution in [2.45, 2.75) is 18.7 Å². The molecule has 0 aromatic heterocycles. The van der Waals surface area contributed by atoms with Gasteiger partial charge in [-0.3, -0.25) is 9.52 Å². The van der Waals surface area contributed by atoms with Crippen molar-refractivity contribution >= 4 is 32.4 Å². The summed E-state index contributed by atoms with van der Waals surface area (Å²) in [4.78, 5) is 12.9. The van der Waals surface area contributed by atoms with Crippen molar-refractivity contribution in [3.05, 3.63) is 102 Å². The maximum Gasteiger partial charge on any atom is 0.261 e. The Balaban J connectivity index is 1.40. The fourth-order valence-electron chi connectivity index (χ4n) is 3.66. The van der Waals surface area contributed by atoms with E-state index < -0.39 is 10.0 Å². The molecule has 4 aromatic carbocycles. The molecule has 7 heteroatoms. The van der Waals surface area contributed by atoms with Crippen LogP contribution in [-0.4, -0.2) is 27.5 Å².